The van der Waals surface area contributed by atoms with Gasteiger partial charge in [0.25, 0.3) is 0 Å². The lowest BCUT2D eigenvalue weighted by Crippen LogP contribution is -2.58. The van der Waals surface area contributed by atoms with Crippen molar-refractivity contribution in [1.29, 1.82) is 0 Å². The highest BCUT2D eigenvalue weighted by molar-refractivity contribution is 9.10. The maximum atomic E-state index is 4.62. The van der Waals surface area contributed by atoms with Crippen LogP contribution < -0.4 is 5.32 Å². The highest BCUT2D eigenvalue weighted by Gasteiger charge is 2.40. The molecule has 0 unspecified atom stereocenters. The lowest BCUT2D eigenvalue weighted by Gasteiger charge is -2.43. The summed E-state index contributed by atoms with van der Waals surface area (Å²) < 4.78 is 4.33. The van der Waals surface area contributed by atoms with Crippen LogP contribution in [0.3, 0.4) is 0 Å². The Hall–Kier alpha value is -0.650. The Balaban J connectivity index is 1.95. The van der Waals surface area contributed by atoms with Crippen LogP contribution in [0.2, 0.25) is 0 Å². The number of hydrogen-bond donors (Lipinski definition) is 1. The molecule has 0 radical (unpaired) electrons. The number of aromatic nitrogens is 2. The molecule has 0 saturated carbocycles. The molecular weight excluding hydrogens is 394 g/mol. The normalized spacial score (nSPS) is 16.8. The second-order valence-corrected chi connectivity index (χ2v) is 7.46. The molecular formula is C16H19Br2N3. The Morgan fingerprint density at radius 2 is 1.90 bits per heavy atom. The summed E-state index contributed by atoms with van der Waals surface area (Å²) >= 11 is 7.26. The van der Waals surface area contributed by atoms with Crippen LogP contribution in [0, 0.1) is 0 Å². The van der Waals surface area contributed by atoms with Crippen LogP contribution in [0.15, 0.2) is 33.2 Å². The number of nitrogens with one attached hydrogen (secondary N) is 1. The Morgan fingerprint density at radius 1 is 1.24 bits per heavy atom. The summed E-state index contributed by atoms with van der Waals surface area (Å²) in [5.41, 5.74) is 4.01. The van der Waals surface area contributed by atoms with Gasteiger partial charge in [-0.1, -0.05) is 35.0 Å². The van der Waals surface area contributed by atoms with Crippen LogP contribution in [0.25, 0.3) is 0 Å². The first kappa shape index (κ1) is 15.3. The third kappa shape index (κ3) is 2.71. The molecule has 2 heterocycles. The standard InChI is InChI=1S/C16H19Br2N3/c1-3-13-15(18)14(21(2)20-13)8-16(9-19-10-16)11-4-6-12(17)7-5-11/h4-7,19H,3,8-10H2,1-2H3. The maximum Gasteiger partial charge on any atom is 0.0766 e. The van der Waals surface area contributed by atoms with Gasteiger partial charge in [0, 0.05) is 36.4 Å². The van der Waals surface area contributed by atoms with Gasteiger partial charge in [-0.25, -0.2) is 0 Å². The van der Waals surface area contributed by atoms with Crippen molar-refractivity contribution < 1.29 is 0 Å². The smallest absolute Gasteiger partial charge is 0.0766 e. The van der Waals surface area contributed by atoms with E-state index in [1.165, 1.54) is 15.7 Å². The van der Waals surface area contributed by atoms with Gasteiger partial charge in [0.15, 0.2) is 0 Å². The van der Waals surface area contributed by atoms with E-state index >= 15 is 0 Å². The molecule has 0 atom stereocenters. The van der Waals surface area contributed by atoms with Crippen LogP contribution in [-0.2, 0) is 25.3 Å². The van der Waals surface area contributed by atoms with Gasteiger partial charge in [0.05, 0.1) is 15.9 Å². The van der Waals surface area contributed by atoms with Crippen LogP contribution in [0.5, 0.6) is 0 Å². The lowest BCUT2D eigenvalue weighted by molar-refractivity contribution is 0.269. The summed E-state index contributed by atoms with van der Waals surface area (Å²) in [6, 6.07) is 8.72. The highest BCUT2D eigenvalue weighted by Crippen LogP contribution is 2.36. The number of benzene rings is 1. The predicted octanol–water partition coefficient (Wildman–Crippen LogP) is 3.59. The van der Waals surface area contributed by atoms with E-state index in [4.69, 9.17) is 0 Å². The molecule has 1 aromatic carbocycles. The molecule has 1 fully saturated rings. The Bertz CT molecular complexity index is 642. The molecule has 0 spiro atoms. The Labute approximate surface area is 142 Å². The van der Waals surface area contributed by atoms with E-state index in [0.717, 1.165) is 36.1 Å². The van der Waals surface area contributed by atoms with Gasteiger partial charge in [-0.05, 0) is 40.0 Å². The number of aryl methyl sites for hydroxylation is 2. The van der Waals surface area contributed by atoms with E-state index in [9.17, 15) is 0 Å². The minimum atomic E-state index is 0.183. The molecule has 1 aromatic heterocycles. The van der Waals surface area contributed by atoms with E-state index in [0.29, 0.717) is 0 Å². The third-order valence-corrected chi connectivity index (χ3v) is 5.84. The van der Waals surface area contributed by atoms with E-state index in [1.807, 2.05) is 11.7 Å². The summed E-state index contributed by atoms with van der Waals surface area (Å²) in [6.07, 6.45) is 1.96. The lowest BCUT2D eigenvalue weighted by atomic mass is 9.72. The molecule has 112 valence electrons. The fraction of sp³-hybridized carbons (Fsp3) is 0.438. The average molecular weight is 413 g/mol. The molecule has 21 heavy (non-hydrogen) atoms. The first-order chi connectivity index (χ1) is 10.1. The molecule has 1 aliphatic heterocycles. The van der Waals surface area contributed by atoms with Crippen molar-refractivity contribution in [1.82, 2.24) is 15.1 Å². The van der Waals surface area contributed by atoms with Gasteiger partial charge in [0.1, 0.15) is 0 Å². The topological polar surface area (TPSA) is 29.9 Å². The van der Waals surface area contributed by atoms with E-state index in [2.05, 4.69) is 73.5 Å². The molecule has 3 rings (SSSR count). The summed E-state index contributed by atoms with van der Waals surface area (Å²) in [6.45, 7) is 4.19. The van der Waals surface area contributed by atoms with E-state index in [-0.39, 0.29) is 5.41 Å². The SMILES string of the molecule is CCc1nn(C)c(CC2(c3ccc(Br)cc3)CNC2)c1Br. The quantitative estimate of drug-likeness (QED) is 0.831. The zero-order chi connectivity index (χ0) is 15.0. The van der Waals surface area contributed by atoms with Gasteiger partial charge in [-0.2, -0.15) is 5.10 Å². The number of nitrogens with zero attached hydrogens (tertiary/aromatic N) is 2. The summed E-state index contributed by atoms with van der Waals surface area (Å²) in [7, 11) is 2.04. The molecule has 0 aliphatic carbocycles. The van der Waals surface area contributed by atoms with Crippen LogP contribution in [-0.4, -0.2) is 22.9 Å². The molecule has 1 saturated heterocycles. The Kier molecular flexibility index (Phi) is 4.26. The molecule has 5 heteroatoms. The summed E-state index contributed by atoms with van der Waals surface area (Å²) in [5.74, 6) is 0. The van der Waals surface area contributed by atoms with Gasteiger partial charge < -0.3 is 5.32 Å². The van der Waals surface area contributed by atoms with Crippen molar-refractivity contribution in [3.8, 4) is 0 Å². The number of rotatable bonds is 4. The first-order valence-corrected chi connectivity index (χ1v) is 8.81. The van der Waals surface area contributed by atoms with Gasteiger partial charge in [0.2, 0.25) is 0 Å². The zero-order valence-electron chi connectivity index (χ0n) is 12.3. The van der Waals surface area contributed by atoms with Crippen molar-refractivity contribution in [3.63, 3.8) is 0 Å². The van der Waals surface area contributed by atoms with Crippen molar-refractivity contribution in [3.05, 3.63) is 50.2 Å². The van der Waals surface area contributed by atoms with Crippen molar-refractivity contribution in [2.45, 2.75) is 25.2 Å². The molecule has 1 N–H and O–H groups in total. The number of hydrogen-bond acceptors (Lipinski definition) is 2. The maximum absolute atomic E-state index is 4.62. The second kappa shape index (κ2) is 5.86. The molecule has 1 aliphatic rings. The molecule has 3 nitrogen and oxygen atoms in total. The minimum Gasteiger partial charge on any atom is -0.315 e. The van der Waals surface area contributed by atoms with Crippen LogP contribution in [0.1, 0.15) is 23.9 Å². The van der Waals surface area contributed by atoms with Crippen LogP contribution in [0.4, 0.5) is 0 Å². The first-order valence-electron chi connectivity index (χ1n) is 7.23. The van der Waals surface area contributed by atoms with Crippen molar-refractivity contribution >= 4 is 31.9 Å². The summed E-state index contributed by atoms with van der Waals surface area (Å²) in [4.78, 5) is 0. The fourth-order valence-corrected chi connectivity index (χ4v) is 4.01. The van der Waals surface area contributed by atoms with Gasteiger partial charge in [-0.3, -0.25) is 4.68 Å². The number of halogens is 2. The Morgan fingerprint density at radius 3 is 2.38 bits per heavy atom. The predicted molar refractivity (Wildman–Crippen MR) is 92.7 cm³/mol. The fourth-order valence-electron chi connectivity index (χ4n) is 2.99. The second-order valence-electron chi connectivity index (χ2n) is 5.75. The van der Waals surface area contributed by atoms with Gasteiger partial charge in [-0.15, -0.1) is 0 Å². The average Bonchev–Trinajstić information content (AvgIpc) is 2.70. The largest absolute Gasteiger partial charge is 0.315 e. The van der Waals surface area contributed by atoms with Crippen molar-refractivity contribution in [2.24, 2.45) is 7.05 Å². The van der Waals surface area contributed by atoms with Gasteiger partial charge >= 0.3 is 0 Å². The summed E-state index contributed by atoms with van der Waals surface area (Å²) in [5, 5.41) is 8.06. The van der Waals surface area contributed by atoms with Crippen molar-refractivity contribution in [2.75, 3.05) is 13.1 Å². The molecule has 2 aromatic rings. The van der Waals surface area contributed by atoms with E-state index < -0.39 is 0 Å². The zero-order valence-corrected chi connectivity index (χ0v) is 15.5. The minimum absolute atomic E-state index is 0.183. The van der Waals surface area contributed by atoms with Crippen LogP contribution >= 0.6 is 31.9 Å². The van der Waals surface area contributed by atoms with E-state index in [1.54, 1.807) is 0 Å². The third-order valence-electron chi connectivity index (χ3n) is 4.39. The monoisotopic (exact) mass is 411 g/mol. The molecule has 0 amide bonds. The molecule has 0 bridgehead atoms. The highest BCUT2D eigenvalue weighted by atomic mass is 79.9.